The van der Waals surface area contributed by atoms with Crippen molar-refractivity contribution in [3.05, 3.63) is 0 Å². The summed E-state index contributed by atoms with van der Waals surface area (Å²) >= 11 is 0. The van der Waals surface area contributed by atoms with Crippen LogP contribution in [0.15, 0.2) is 0 Å². The van der Waals surface area contributed by atoms with Gasteiger partial charge in [-0.2, -0.15) is 13.2 Å². The summed E-state index contributed by atoms with van der Waals surface area (Å²) in [6, 6.07) is 0. The van der Waals surface area contributed by atoms with Gasteiger partial charge >= 0.3 is 6.18 Å². The molecule has 102 valence electrons. The molecule has 1 rings (SSSR count). The van der Waals surface area contributed by atoms with Gasteiger partial charge in [0.15, 0.2) is 0 Å². The number of nitrogens with zero attached hydrogens (tertiary/aromatic N) is 2. The zero-order chi connectivity index (χ0) is 12.7. The Labute approximate surface area is 101 Å². The van der Waals surface area contributed by atoms with Crippen molar-refractivity contribution in [2.45, 2.75) is 19.5 Å². The Hall–Kier alpha value is -0.330. The van der Waals surface area contributed by atoms with Crippen molar-refractivity contribution >= 4 is 0 Å². The number of rotatable bonds is 5. The summed E-state index contributed by atoms with van der Waals surface area (Å²) in [4.78, 5) is 3.69. The van der Waals surface area contributed by atoms with Crippen LogP contribution in [0.1, 0.15) is 13.3 Å². The Bertz CT molecular complexity index is 201. The zero-order valence-corrected chi connectivity index (χ0v) is 10.4. The Kier molecular flexibility index (Phi) is 6.22. The molecule has 0 aromatic carbocycles. The monoisotopic (exact) mass is 253 g/mol. The molecule has 0 saturated carbocycles. The standard InChI is InChI=1S/C11H22F3N3/c1-2-16(10-11(12,13)14)8-9-17-6-3-4-15-5-7-17/h15H,2-10H2,1H3. The highest BCUT2D eigenvalue weighted by atomic mass is 19.4. The number of alkyl halides is 3. The first kappa shape index (κ1) is 14.7. The van der Waals surface area contributed by atoms with Gasteiger partial charge in [0, 0.05) is 26.2 Å². The van der Waals surface area contributed by atoms with Gasteiger partial charge < -0.3 is 10.2 Å². The van der Waals surface area contributed by atoms with E-state index in [0.29, 0.717) is 13.1 Å². The molecule has 0 bridgehead atoms. The van der Waals surface area contributed by atoms with Gasteiger partial charge in [-0.1, -0.05) is 6.92 Å². The van der Waals surface area contributed by atoms with E-state index in [1.54, 1.807) is 6.92 Å². The van der Waals surface area contributed by atoms with Crippen LogP contribution in [0.25, 0.3) is 0 Å². The van der Waals surface area contributed by atoms with E-state index in [1.165, 1.54) is 4.90 Å². The summed E-state index contributed by atoms with van der Waals surface area (Å²) in [6.07, 6.45) is -3.01. The molecule has 1 fully saturated rings. The molecular formula is C11H22F3N3. The summed E-state index contributed by atoms with van der Waals surface area (Å²) in [5.74, 6) is 0. The van der Waals surface area contributed by atoms with Crippen LogP contribution in [0.3, 0.4) is 0 Å². The van der Waals surface area contributed by atoms with Gasteiger partial charge in [0.2, 0.25) is 0 Å². The van der Waals surface area contributed by atoms with Gasteiger partial charge in [-0.15, -0.1) is 0 Å². The van der Waals surface area contributed by atoms with Crippen LogP contribution < -0.4 is 5.32 Å². The average molecular weight is 253 g/mol. The molecule has 1 saturated heterocycles. The molecular weight excluding hydrogens is 231 g/mol. The second-order valence-electron chi connectivity index (χ2n) is 4.43. The van der Waals surface area contributed by atoms with Crippen LogP contribution >= 0.6 is 0 Å². The summed E-state index contributed by atoms with van der Waals surface area (Å²) in [7, 11) is 0. The highest BCUT2D eigenvalue weighted by molar-refractivity contribution is 4.69. The maximum atomic E-state index is 12.3. The van der Waals surface area contributed by atoms with Gasteiger partial charge in [0.05, 0.1) is 6.54 Å². The Morgan fingerprint density at radius 1 is 1.24 bits per heavy atom. The summed E-state index contributed by atoms with van der Waals surface area (Å²) in [5, 5.41) is 3.28. The van der Waals surface area contributed by atoms with Crippen LogP contribution in [0.4, 0.5) is 13.2 Å². The highest BCUT2D eigenvalue weighted by Crippen LogP contribution is 2.16. The lowest BCUT2D eigenvalue weighted by Gasteiger charge is -2.26. The maximum absolute atomic E-state index is 12.3. The molecule has 0 spiro atoms. The first-order chi connectivity index (χ1) is 8.01. The van der Waals surface area contributed by atoms with Crippen molar-refractivity contribution in [1.29, 1.82) is 0 Å². The molecule has 6 heteroatoms. The second-order valence-corrected chi connectivity index (χ2v) is 4.43. The molecule has 3 nitrogen and oxygen atoms in total. The number of hydrogen-bond donors (Lipinski definition) is 1. The summed E-state index contributed by atoms with van der Waals surface area (Å²) < 4.78 is 36.8. The molecule has 0 aromatic rings. The lowest BCUT2D eigenvalue weighted by Crippen LogP contribution is -2.40. The molecule has 0 aromatic heterocycles. The van der Waals surface area contributed by atoms with Crippen LogP contribution in [-0.4, -0.2) is 68.3 Å². The fourth-order valence-electron chi connectivity index (χ4n) is 2.01. The quantitative estimate of drug-likeness (QED) is 0.793. The Morgan fingerprint density at radius 3 is 2.65 bits per heavy atom. The zero-order valence-electron chi connectivity index (χ0n) is 10.4. The molecule has 0 unspecified atom stereocenters. The van der Waals surface area contributed by atoms with Crippen molar-refractivity contribution in [3.8, 4) is 0 Å². The molecule has 1 aliphatic heterocycles. The molecule has 0 radical (unpaired) electrons. The molecule has 0 amide bonds. The first-order valence-electron chi connectivity index (χ1n) is 6.23. The van der Waals surface area contributed by atoms with E-state index < -0.39 is 12.7 Å². The number of nitrogens with one attached hydrogen (secondary N) is 1. The summed E-state index contributed by atoms with van der Waals surface area (Å²) in [5.41, 5.74) is 0. The van der Waals surface area contributed by atoms with E-state index in [9.17, 15) is 13.2 Å². The highest BCUT2D eigenvalue weighted by Gasteiger charge is 2.30. The van der Waals surface area contributed by atoms with Gasteiger partial charge in [0.25, 0.3) is 0 Å². The van der Waals surface area contributed by atoms with Crippen molar-refractivity contribution in [3.63, 3.8) is 0 Å². The van der Waals surface area contributed by atoms with E-state index in [0.717, 1.165) is 39.1 Å². The van der Waals surface area contributed by atoms with Crippen molar-refractivity contribution < 1.29 is 13.2 Å². The van der Waals surface area contributed by atoms with Crippen LogP contribution in [0, 0.1) is 0 Å². The second kappa shape index (κ2) is 7.18. The Balaban J connectivity index is 2.26. The fourth-order valence-corrected chi connectivity index (χ4v) is 2.01. The minimum absolute atomic E-state index is 0.450. The molecule has 0 aliphatic carbocycles. The van der Waals surface area contributed by atoms with Crippen molar-refractivity contribution in [2.75, 3.05) is 52.4 Å². The van der Waals surface area contributed by atoms with Crippen molar-refractivity contribution in [1.82, 2.24) is 15.1 Å². The van der Waals surface area contributed by atoms with E-state index in [2.05, 4.69) is 10.2 Å². The molecule has 1 N–H and O–H groups in total. The number of halogens is 3. The van der Waals surface area contributed by atoms with Gasteiger partial charge in [0.1, 0.15) is 0 Å². The van der Waals surface area contributed by atoms with Crippen LogP contribution in [0.5, 0.6) is 0 Å². The molecule has 1 heterocycles. The number of hydrogen-bond acceptors (Lipinski definition) is 3. The largest absolute Gasteiger partial charge is 0.401 e. The smallest absolute Gasteiger partial charge is 0.315 e. The molecule has 17 heavy (non-hydrogen) atoms. The molecule has 1 aliphatic rings. The minimum atomic E-state index is -4.09. The normalized spacial score (nSPS) is 19.6. The third-order valence-corrected chi connectivity index (χ3v) is 3.02. The predicted octanol–water partition coefficient (Wildman–Crippen LogP) is 1.17. The minimum Gasteiger partial charge on any atom is -0.315 e. The van der Waals surface area contributed by atoms with Crippen LogP contribution in [0.2, 0.25) is 0 Å². The van der Waals surface area contributed by atoms with Gasteiger partial charge in [-0.3, -0.25) is 4.90 Å². The van der Waals surface area contributed by atoms with E-state index in [1.807, 2.05) is 0 Å². The van der Waals surface area contributed by atoms with Gasteiger partial charge in [-0.25, -0.2) is 0 Å². The Morgan fingerprint density at radius 2 is 2.00 bits per heavy atom. The van der Waals surface area contributed by atoms with Gasteiger partial charge in [-0.05, 0) is 26.1 Å². The van der Waals surface area contributed by atoms with E-state index in [-0.39, 0.29) is 0 Å². The van der Waals surface area contributed by atoms with Crippen LogP contribution in [-0.2, 0) is 0 Å². The third kappa shape index (κ3) is 6.85. The lowest BCUT2D eigenvalue weighted by molar-refractivity contribution is -0.145. The first-order valence-corrected chi connectivity index (χ1v) is 6.23. The number of likely N-dealkylation sites (N-methyl/N-ethyl adjacent to an activating group) is 1. The average Bonchev–Trinajstić information content (AvgIpc) is 2.51. The predicted molar refractivity (Wildman–Crippen MR) is 62.1 cm³/mol. The third-order valence-electron chi connectivity index (χ3n) is 3.02. The topological polar surface area (TPSA) is 18.5 Å². The summed E-state index contributed by atoms with van der Waals surface area (Å²) in [6.45, 7) is 6.51. The lowest BCUT2D eigenvalue weighted by atomic mass is 10.3. The van der Waals surface area contributed by atoms with E-state index in [4.69, 9.17) is 0 Å². The van der Waals surface area contributed by atoms with E-state index >= 15 is 0 Å². The maximum Gasteiger partial charge on any atom is 0.401 e. The van der Waals surface area contributed by atoms with Crippen molar-refractivity contribution in [2.24, 2.45) is 0 Å². The molecule has 0 atom stereocenters. The SMILES string of the molecule is CCN(CCN1CCCNCC1)CC(F)(F)F. The fraction of sp³-hybridized carbons (Fsp3) is 1.00.